The number of hydrogen-bond acceptors (Lipinski definition) is 2. The van der Waals surface area contributed by atoms with E-state index in [9.17, 15) is 4.79 Å². The lowest BCUT2D eigenvalue weighted by Gasteiger charge is -1.94. The number of ketones is 1. The molecule has 0 radical (unpaired) electrons. The molecule has 0 aliphatic rings. The van der Waals surface area contributed by atoms with Crippen molar-refractivity contribution >= 4 is 11.9 Å². The maximum atomic E-state index is 11.7. The van der Waals surface area contributed by atoms with Crippen molar-refractivity contribution in [3.8, 4) is 0 Å². The number of aromatic nitrogens is 3. The number of allylic oxidation sites excluding steroid dienone is 1. The molecule has 0 saturated heterocycles. The van der Waals surface area contributed by atoms with E-state index in [-0.39, 0.29) is 5.78 Å². The van der Waals surface area contributed by atoms with Gasteiger partial charge in [-0.25, -0.2) is 0 Å². The van der Waals surface area contributed by atoms with Gasteiger partial charge in [-0.1, -0.05) is 0 Å². The normalized spacial score (nSPS) is 11.0. The zero-order valence-corrected chi connectivity index (χ0v) is 8.34. The topological polar surface area (TPSA) is 50.7 Å². The number of carbonyl (C=O) groups excluding carboxylic acids is 1. The Morgan fingerprint density at radius 1 is 1.53 bits per heavy atom. The number of carbonyl (C=O) groups is 1. The lowest BCUT2D eigenvalue weighted by Crippen LogP contribution is -2.03. The minimum atomic E-state index is -0.0513. The van der Waals surface area contributed by atoms with Gasteiger partial charge in [0.2, 0.25) is 5.78 Å². The Kier molecular flexibility index (Phi) is 2.49. The highest BCUT2D eigenvalue weighted by Crippen LogP contribution is 2.02. The van der Waals surface area contributed by atoms with Gasteiger partial charge in [0.15, 0.2) is 0 Å². The maximum Gasteiger partial charge on any atom is 0.203 e. The largest absolute Gasteiger partial charge is 0.362 e. The molecule has 0 fully saturated rings. The van der Waals surface area contributed by atoms with Gasteiger partial charge in [0, 0.05) is 25.1 Å². The predicted molar refractivity (Wildman–Crippen MR) is 57.4 cm³/mol. The maximum absolute atomic E-state index is 11.7. The molecule has 1 N–H and O–H groups in total. The lowest BCUT2D eigenvalue weighted by atomic mass is 10.2. The second-order valence-electron chi connectivity index (χ2n) is 3.16. The minimum Gasteiger partial charge on any atom is -0.362 e. The number of hydrogen-bond donors (Lipinski definition) is 1. The van der Waals surface area contributed by atoms with E-state index < -0.39 is 0 Å². The number of aryl methyl sites for hydroxylation is 1. The average molecular weight is 201 g/mol. The van der Waals surface area contributed by atoms with Crippen molar-refractivity contribution in [2.24, 2.45) is 7.05 Å². The van der Waals surface area contributed by atoms with E-state index in [1.54, 1.807) is 30.1 Å². The van der Waals surface area contributed by atoms with Crippen molar-refractivity contribution < 1.29 is 4.79 Å². The van der Waals surface area contributed by atoms with E-state index >= 15 is 0 Å². The Labute approximate surface area is 87.2 Å². The summed E-state index contributed by atoms with van der Waals surface area (Å²) >= 11 is 0. The molecule has 0 saturated carbocycles. The highest BCUT2D eigenvalue weighted by molar-refractivity contribution is 6.05. The Hall–Kier alpha value is -2.10. The summed E-state index contributed by atoms with van der Waals surface area (Å²) in [5.41, 5.74) is 1.49. The van der Waals surface area contributed by atoms with E-state index in [1.165, 1.54) is 6.08 Å². The molecule has 0 aromatic carbocycles. The van der Waals surface area contributed by atoms with Crippen LogP contribution in [0.2, 0.25) is 0 Å². The summed E-state index contributed by atoms with van der Waals surface area (Å²) < 4.78 is 1.56. The van der Waals surface area contributed by atoms with Crippen LogP contribution in [0, 0.1) is 0 Å². The van der Waals surface area contributed by atoms with Gasteiger partial charge in [0.05, 0.1) is 0 Å². The van der Waals surface area contributed by atoms with Crippen LogP contribution in [0.15, 0.2) is 36.7 Å². The summed E-state index contributed by atoms with van der Waals surface area (Å²) in [6.07, 6.45) is 6.70. The second-order valence-corrected chi connectivity index (χ2v) is 3.16. The summed E-state index contributed by atoms with van der Waals surface area (Å²) in [6.45, 7) is 0. The van der Waals surface area contributed by atoms with Crippen molar-refractivity contribution in [1.29, 1.82) is 0 Å². The summed E-state index contributed by atoms with van der Waals surface area (Å²) in [6, 6.07) is 5.47. The van der Waals surface area contributed by atoms with Gasteiger partial charge in [0.25, 0.3) is 0 Å². The van der Waals surface area contributed by atoms with E-state index in [0.29, 0.717) is 5.69 Å². The van der Waals surface area contributed by atoms with E-state index in [2.05, 4.69) is 10.1 Å². The molecule has 0 spiro atoms. The van der Waals surface area contributed by atoms with Crippen LogP contribution in [-0.2, 0) is 7.05 Å². The van der Waals surface area contributed by atoms with Gasteiger partial charge in [-0.2, -0.15) is 5.10 Å². The SMILES string of the molecule is Cn1nccc1C(=O)/C=C/c1ccc[nH]1. The molecule has 2 heterocycles. The highest BCUT2D eigenvalue weighted by atomic mass is 16.1. The number of aromatic amines is 1. The van der Waals surface area contributed by atoms with Crippen molar-refractivity contribution in [1.82, 2.24) is 14.8 Å². The Morgan fingerprint density at radius 2 is 2.40 bits per heavy atom. The molecule has 4 nitrogen and oxygen atoms in total. The summed E-state index contributed by atoms with van der Waals surface area (Å²) in [5, 5.41) is 3.94. The third kappa shape index (κ3) is 2.04. The standard InChI is InChI=1S/C11H11N3O/c1-14-10(6-8-13-14)11(15)5-4-9-3-2-7-12-9/h2-8,12H,1H3/b5-4+. The molecule has 0 bridgehead atoms. The Morgan fingerprint density at radius 3 is 3.00 bits per heavy atom. The van der Waals surface area contributed by atoms with E-state index in [0.717, 1.165) is 5.69 Å². The number of rotatable bonds is 3. The van der Waals surface area contributed by atoms with Crippen molar-refractivity contribution in [2.45, 2.75) is 0 Å². The van der Waals surface area contributed by atoms with Gasteiger partial charge >= 0.3 is 0 Å². The van der Waals surface area contributed by atoms with Gasteiger partial charge in [0.1, 0.15) is 5.69 Å². The molecule has 0 atom stereocenters. The average Bonchev–Trinajstić information content (AvgIpc) is 2.84. The number of nitrogens with one attached hydrogen (secondary N) is 1. The Bertz CT molecular complexity index is 480. The van der Waals surface area contributed by atoms with E-state index in [4.69, 9.17) is 0 Å². The fourth-order valence-corrected chi connectivity index (χ4v) is 1.31. The monoisotopic (exact) mass is 201 g/mol. The minimum absolute atomic E-state index is 0.0513. The quantitative estimate of drug-likeness (QED) is 0.606. The summed E-state index contributed by atoms with van der Waals surface area (Å²) in [5.74, 6) is -0.0513. The van der Waals surface area contributed by atoms with Gasteiger partial charge < -0.3 is 4.98 Å². The summed E-state index contributed by atoms with van der Waals surface area (Å²) in [4.78, 5) is 14.7. The Balaban J connectivity index is 2.14. The molecule has 0 amide bonds. The van der Waals surface area contributed by atoms with Gasteiger partial charge in [-0.05, 0) is 30.4 Å². The van der Waals surface area contributed by atoms with Crippen molar-refractivity contribution in [2.75, 3.05) is 0 Å². The fourth-order valence-electron chi connectivity index (χ4n) is 1.31. The molecule has 4 heteroatoms. The first kappa shape index (κ1) is 9.45. The van der Waals surface area contributed by atoms with Crippen molar-refractivity contribution in [3.63, 3.8) is 0 Å². The molecule has 0 aliphatic heterocycles. The molecule has 0 unspecified atom stereocenters. The van der Waals surface area contributed by atoms with Crippen LogP contribution in [0.25, 0.3) is 6.08 Å². The third-order valence-electron chi connectivity index (χ3n) is 2.11. The number of H-pyrrole nitrogens is 1. The van der Waals surface area contributed by atoms with Crippen LogP contribution >= 0.6 is 0 Å². The van der Waals surface area contributed by atoms with Crippen LogP contribution in [0.4, 0.5) is 0 Å². The molecule has 2 rings (SSSR count). The first-order valence-electron chi connectivity index (χ1n) is 4.61. The fraction of sp³-hybridized carbons (Fsp3) is 0.0909. The lowest BCUT2D eigenvalue weighted by molar-refractivity contribution is 0.103. The molecular formula is C11H11N3O. The molecule has 2 aromatic rings. The van der Waals surface area contributed by atoms with Crippen LogP contribution in [0.3, 0.4) is 0 Å². The van der Waals surface area contributed by atoms with Gasteiger partial charge in [-0.3, -0.25) is 9.48 Å². The molecule has 2 aromatic heterocycles. The van der Waals surface area contributed by atoms with Gasteiger partial charge in [-0.15, -0.1) is 0 Å². The zero-order valence-electron chi connectivity index (χ0n) is 8.34. The first-order valence-corrected chi connectivity index (χ1v) is 4.61. The first-order chi connectivity index (χ1) is 7.27. The van der Waals surface area contributed by atoms with Crippen molar-refractivity contribution in [3.05, 3.63) is 48.1 Å². The van der Waals surface area contributed by atoms with Crippen LogP contribution < -0.4 is 0 Å². The smallest absolute Gasteiger partial charge is 0.203 e. The molecule has 15 heavy (non-hydrogen) atoms. The molecule has 76 valence electrons. The van der Waals surface area contributed by atoms with Crippen LogP contribution in [0.5, 0.6) is 0 Å². The third-order valence-corrected chi connectivity index (χ3v) is 2.11. The van der Waals surface area contributed by atoms with Crippen LogP contribution in [0.1, 0.15) is 16.2 Å². The highest BCUT2D eigenvalue weighted by Gasteiger charge is 2.05. The predicted octanol–water partition coefficient (Wildman–Crippen LogP) is 1.64. The second kappa shape index (κ2) is 3.96. The van der Waals surface area contributed by atoms with E-state index in [1.807, 2.05) is 18.3 Å². The number of nitrogens with zero attached hydrogens (tertiary/aromatic N) is 2. The zero-order chi connectivity index (χ0) is 10.7. The molecular weight excluding hydrogens is 190 g/mol. The molecule has 0 aliphatic carbocycles. The van der Waals surface area contributed by atoms with Crippen LogP contribution in [-0.4, -0.2) is 20.5 Å². The summed E-state index contributed by atoms with van der Waals surface area (Å²) in [7, 11) is 1.75.